The second kappa shape index (κ2) is 7.31. The fraction of sp³-hybridized carbons (Fsp3) is 0.375. The fourth-order valence-electron chi connectivity index (χ4n) is 4.69. The Morgan fingerprint density at radius 1 is 1.35 bits per heavy atom. The topological polar surface area (TPSA) is 110 Å². The highest BCUT2D eigenvalue weighted by Crippen LogP contribution is 2.50. The number of nitrogens with one attached hydrogen (secondary N) is 1. The third kappa shape index (κ3) is 3.02. The minimum Gasteiger partial charge on any atom is -0.493 e. The zero-order valence-electron chi connectivity index (χ0n) is 17.6. The zero-order chi connectivity index (χ0) is 21.7. The lowest BCUT2D eigenvalue weighted by molar-refractivity contribution is -0.114. The van der Waals surface area contributed by atoms with Crippen LogP contribution in [0.15, 0.2) is 29.6 Å². The number of ether oxygens (including phenoxy) is 2. The van der Waals surface area contributed by atoms with Crippen molar-refractivity contribution >= 4 is 11.6 Å². The molecule has 31 heavy (non-hydrogen) atoms. The van der Waals surface area contributed by atoms with Gasteiger partial charge in [-0.2, -0.15) is 5.26 Å². The molecule has 1 fully saturated rings. The second-order valence-electron chi connectivity index (χ2n) is 8.39. The number of anilines is 1. The third-order valence-electron chi connectivity index (χ3n) is 6.48. The van der Waals surface area contributed by atoms with Gasteiger partial charge in [-0.3, -0.25) is 4.79 Å². The van der Waals surface area contributed by atoms with Gasteiger partial charge in [0.15, 0.2) is 0 Å². The number of allylic oxidation sites excluding steroid dienone is 1. The van der Waals surface area contributed by atoms with Gasteiger partial charge in [0.05, 0.1) is 35.4 Å². The molecule has 158 valence electrons. The molecule has 1 unspecified atom stereocenters. The summed E-state index contributed by atoms with van der Waals surface area (Å²) in [5, 5.41) is 12.9. The Hall–Kier alpha value is -3.53. The number of aromatic nitrogens is 1. The van der Waals surface area contributed by atoms with E-state index < -0.39 is 11.8 Å². The number of benzene rings is 1. The first-order valence-electron chi connectivity index (χ1n) is 10.6. The number of fused-ring (bicyclic) bond motifs is 2. The first-order chi connectivity index (χ1) is 15.0. The maximum atomic E-state index is 12.6. The number of aryl methyl sites for hydroxylation is 1. The maximum Gasteiger partial charge on any atom is 0.247 e. The standard InChI is InChI=1S/C24H24N4O3/c1-12-11-27-24(31-15-4-3-5-15)20-19(18(23(26)29)13(2)28-21(12)20)17-7-6-14(10-25)16-8-9-30-22(16)17/h6-7,11,15,19,28H,3-5,8-9H2,1-2H3,(H2,26,29). The van der Waals surface area contributed by atoms with Gasteiger partial charge in [0.25, 0.3) is 0 Å². The number of nitriles is 1. The van der Waals surface area contributed by atoms with Crippen LogP contribution in [0.2, 0.25) is 0 Å². The van der Waals surface area contributed by atoms with E-state index in [1.165, 1.54) is 0 Å². The molecular formula is C24H24N4O3. The van der Waals surface area contributed by atoms with Crippen LogP contribution in [0.5, 0.6) is 11.6 Å². The lowest BCUT2D eigenvalue weighted by Gasteiger charge is -2.34. The summed E-state index contributed by atoms with van der Waals surface area (Å²) in [7, 11) is 0. The summed E-state index contributed by atoms with van der Waals surface area (Å²) >= 11 is 0. The molecule has 2 aliphatic heterocycles. The number of carbonyl (C=O) groups is 1. The number of carbonyl (C=O) groups excluding carboxylic acids is 1. The Kier molecular flexibility index (Phi) is 4.58. The Bertz CT molecular complexity index is 1170. The van der Waals surface area contributed by atoms with Crippen LogP contribution >= 0.6 is 0 Å². The van der Waals surface area contributed by atoms with Crippen LogP contribution in [0.4, 0.5) is 5.69 Å². The van der Waals surface area contributed by atoms with E-state index in [0.29, 0.717) is 41.5 Å². The maximum absolute atomic E-state index is 12.6. The largest absolute Gasteiger partial charge is 0.493 e. The zero-order valence-corrected chi connectivity index (χ0v) is 17.6. The molecule has 1 saturated carbocycles. The molecule has 1 aliphatic carbocycles. The molecule has 3 aliphatic rings. The highest BCUT2D eigenvalue weighted by atomic mass is 16.5. The van der Waals surface area contributed by atoms with Gasteiger partial charge >= 0.3 is 0 Å². The van der Waals surface area contributed by atoms with Crippen molar-refractivity contribution in [2.45, 2.75) is 51.6 Å². The van der Waals surface area contributed by atoms with Gasteiger partial charge in [-0.25, -0.2) is 4.98 Å². The van der Waals surface area contributed by atoms with Gasteiger partial charge in [0.2, 0.25) is 11.8 Å². The van der Waals surface area contributed by atoms with E-state index in [1.807, 2.05) is 19.9 Å². The summed E-state index contributed by atoms with van der Waals surface area (Å²) in [6.07, 6.45) is 5.72. The van der Waals surface area contributed by atoms with Gasteiger partial charge in [0, 0.05) is 35.0 Å². The molecule has 1 atom stereocenters. The summed E-state index contributed by atoms with van der Waals surface area (Å²) in [6.45, 7) is 4.34. The first-order valence-corrected chi connectivity index (χ1v) is 10.6. The molecule has 1 amide bonds. The van der Waals surface area contributed by atoms with Crippen molar-refractivity contribution < 1.29 is 14.3 Å². The molecule has 3 heterocycles. The number of rotatable bonds is 4. The average Bonchev–Trinajstić information content (AvgIpc) is 3.20. The number of primary amides is 1. The van der Waals surface area contributed by atoms with Crippen LogP contribution in [0.1, 0.15) is 59.9 Å². The molecule has 3 N–H and O–H groups in total. The molecule has 7 heteroatoms. The van der Waals surface area contributed by atoms with E-state index in [1.54, 1.807) is 12.3 Å². The van der Waals surface area contributed by atoms with Crippen molar-refractivity contribution in [1.29, 1.82) is 5.26 Å². The molecule has 0 bridgehead atoms. The van der Waals surface area contributed by atoms with E-state index in [4.69, 9.17) is 15.2 Å². The Morgan fingerprint density at radius 2 is 2.16 bits per heavy atom. The van der Waals surface area contributed by atoms with Crippen LogP contribution in [0.3, 0.4) is 0 Å². The number of amides is 1. The highest BCUT2D eigenvalue weighted by molar-refractivity contribution is 5.98. The van der Waals surface area contributed by atoms with E-state index >= 15 is 0 Å². The summed E-state index contributed by atoms with van der Waals surface area (Å²) in [4.78, 5) is 17.2. The SMILES string of the molecule is CC1=C(C(N)=O)C(c2ccc(C#N)c3c2OCC3)c2c(OC3CCC3)ncc(C)c2N1. The lowest BCUT2D eigenvalue weighted by atomic mass is 9.78. The van der Waals surface area contributed by atoms with E-state index in [2.05, 4.69) is 16.4 Å². The van der Waals surface area contributed by atoms with Gasteiger partial charge in [0.1, 0.15) is 11.9 Å². The molecule has 7 nitrogen and oxygen atoms in total. The van der Waals surface area contributed by atoms with Crippen LogP contribution < -0.4 is 20.5 Å². The average molecular weight is 416 g/mol. The van der Waals surface area contributed by atoms with Crippen molar-refractivity contribution in [1.82, 2.24) is 4.98 Å². The number of hydrogen-bond donors (Lipinski definition) is 2. The molecule has 1 aromatic heterocycles. The number of hydrogen-bond acceptors (Lipinski definition) is 6. The monoisotopic (exact) mass is 416 g/mol. The minimum absolute atomic E-state index is 0.131. The predicted molar refractivity (Wildman–Crippen MR) is 115 cm³/mol. The number of pyridine rings is 1. The van der Waals surface area contributed by atoms with Crippen molar-refractivity contribution in [2.24, 2.45) is 5.73 Å². The normalized spacial score (nSPS) is 19.5. The minimum atomic E-state index is -0.507. The van der Waals surface area contributed by atoms with Gasteiger partial charge in [-0.1, -0.05) is 6.07 Å². The van der Waals surface area contributed by atoms with E-state index in [-0.39, 0.29) is 6.10 Å². The highest BCUT2D eigenvalue weighted by Gasteiger charge is 2.39. The number of nitrogens with two attached hydrogens (primary N) is 1. The van der Waals surface area contributed by atoms with Crippen molar-refractivity contribution in [3.63, 3.8) is 0 Å². The lowest BCUT2D eigenvalue weighted by Crippen LogP contribution is -2.30. The quantitative estimate of drug-likeness (QED) is 0.790. The summed E-state index contributed by atoms with van der Waals surface area (Å²) in [6, 6.07) is 5.92. The van der Waals surface area contributed by atoms with E-state index in [0.717, 1.165) is 47.2 Å². The second-order valence-corrected chi connectivity index (χ2v) is 8.39. The van der Waals surface area contributed by atoms with Crippen molar-refractivity contribution in [3.05, 3.63) is 57.4 Å². The smallest absolute Gasteiger partial charge is 0.247 e. The molecule has 0 spiro atoms. The van der Waals surface area contributed by atoms with Crippen molar-refractivity contribution in [3.8, 4) is 17.7 Å². The Labute approximate surface area is 180 Å². The summed E-state index contributed by atoms with van der Waals surface area (Å²) < 4.78 is 12.2. The van der Waals surface area contributed by atoms with E-state index in [9.17, 15) is 10.1 Å². The molecule has 1 aromatic carbocycles. The molecule has 5 rings (SSSR count). The van der Waals surface area contributed by atoms with Gasteiger partial charge in [-0.05, 0) is 44.7 Å². The molecule has 0 radical (unpaired) electrons. The third-order valence-corrected chi connectivity index (χ3v) is 6.48. The van der Waals surface area contributed by atoms with Crippen LogP contribution in [0, 0.1) is 18.3 Å². The Balaban J connectivity index is 1.77. The van der Waals surface area contributed by atoms with Gasteiger partial charge < -0.3 is 20.5 Å². The predicted octanol–water partition coefficient (Wildman–Crippen LogP) is 3.44. The summed E-state index contributed by atoms with van der Waals surface area (Å²) in [5.74, 6) is 0.188. The summed E-state index contributed by atoms with van der Waals surface area (Å²) in [5.41, 5.74) is 12.0. The van der Waals surface area contributed by atoms with Crippen molar-refractivity contribution in [2.75, 3.05) is 11.9 Å². The number of nitrogens with zero attached hydrogens (tertiary/aromatic N) is 2. The van der Waals surface area contributed by atoms with Crippen LogP contribution in [-0.4, -0.2) is 23.6 Å². The Morgan fingerprint density at radius 3 is 2.84 bits per heavy atom. The molecule has 0 saturated heterocycles. The first kappa shape index (κ1) is 19.4. The van der Waals surface area contributed by atoms with Crippen LogP contribution in [0.25, 0.3) is 0 Å². The molecule has 2 aromatic rings. The fourth-order valence-corrected chi connectivity index (χ4v) is 4.69. The van der Waals surface area contributed by atoms with Gasteiger partial charge in [-0.15, -0.1) is 0 Å². The molecular weight excluding hydrogens is 392 g/mol. The van der Waals surface area contributed by atoms with Crippen LogP contribution in [-0.2, 0) is 11.2 Å².